The van der Waals surface area contributed by atoms with Crippen LogP contribution < -0.4 is 0 Å². The summed E-state index contributed by atoms with van der Waals surface area (Å²) in [6.45, 7) is 0.708. The molecule has 5 rings (SSSR count). The van der Waals surface area contributed by atoms with Gasteiger partial charge in [-0.15, -0.1) is 0 Å². The van der Waals surface area contributed by atoms with Crippen molar-refractivity contribution in [3.05, 3.63) is 95.7 Å². The van der Waals surface area contributed by atoms with Gasteiger partial charge in [-0.25, -0.2) is 14.5 Å². The maximum Gasteiger partial charge on any atom is 0.338 e. The molecule has 1 aliphatic rings. The van der Waals surface area contributed by atoms with Gasteiger partial charge in [-0.05, 0) is 31.4 Å². The van der Waals surface area contributed by atoms with E-state index in [2.05, 4.69) is 5.10 Å². The second-order valence-corrected chi connectivity index (χ2v) is 8.02. The van der Waals surface area contributed by atoms with Gasteiger partial charge in [0.2, 0.25) is 0 Å². The lowest BCUT2D eigenvalue weighted by Crippen LogP contribution is -2.19. The predicted molar refractivity (Wildman–Crippen MR) is 128 cm³/mol. The van der Waals surface area contributed by atoms with Crippen LogP contribution in [-0.4, -0.2) is 35.2 Å². The number of rotatable bonds is 5. The maximum absolute atomic E-state index is 12.5. The smallest absolute Gasteiger partial charge is 0.338 e. The number of ether oxygens (including phenoxy) is 2. The summed E-state index contributed by atoms with van der Waals surface area (Å²) in [6.07, 6.45) is 4.68. The van der Waals surface area contributed by atoms with Crippen LogP contribution in [0.3, 0.4) is 0 Å². The van der Waals surface area contributed by atoms with Crippen LogP contribution in [0.1, 0.15) is 47.0 Å². The highest BCUT2D eigenvalue weighted by molar-refractivity contribution is 6.15. The first-order valence-electron chi connectivity index (χ1n) is 11.2. The average Bonchev–Trinajstić information content (AvgIpc) is 3.32. The van der Waals surface area contributed by atoms with Gasteiger partial charge in [-0.3, -0.25) is 0 Å². The van der Waals surface area contributed by atoms with E-state index in [-0.39, 0.29) is 6.23 Å². The molecule has 1 aliphatic heterocycles. The van der Waals surface area contributed by atoms with E-state index < -0.39 is 5.97 Å². The largest absolute Gasteiger partial charge is 0.465 e. The van der Waals surface area contributed by atoms with Crippen molar-refractivity contribution in [3.63, 3.8) is 0 Å². The van der Waals surface area contributed by atoms with Gasteiger partial charge >= 0.3 is 5.97 Å². The Morgan fingerprint density at radius 2 is 1.70 bits per heavy atom. The number of fused-ring (bicyclic) bond motifs is 1. The number of esters is 1. The fraction of sp³-hybridized carbons (Fsp3) is 0.222. The fourth-order valence-corrected chi connectivity index (χ4v) is 4.21. The van der Waals surface area contributed by atoms with E-state index in [0.29, 0.717) is 17.9 Å². The molecule has 0 aliphatic carbocycles. The highest BCUT2D eigenvalue weighted by Gasteiger charge is 2.22. The van der Waals surface area contributed by atoms with Crippen LogP contribution in [0.4, 0.5) is 5.69 Å². The molecule has 1 saturated heterocycles. The summed E-state index contributed by atoms with van der Waals surface area (Å²) in [5, 5.41) is 5.49. The number of benzene rings is 3. The zero-order chi connectivity index (χ0) is 22.6. The number of carbonyl (C=O) groups is 1. The summed E-state index contributed by atoms with van der Waals surface area (Å²) in [6, 6.07) is 23.7. The van der Waals surface area contributed by atoms with E-state index in [0.717, 1.165) is 47.0 Å². The Morgan fingerprint density at radius 1 is 1.00 bits per heavy atom. The van der Waals surface area contributed by atoms with Crippen molar-refractivity contribution in [2.45, 2.75) is 25.5 Å². The molecule has 0 N–H and O–H groups in total. The summed E-state index contributed by atoms with van der Waals surface area (Å²) in [4.78, 5) is 17.6. The van der Waals surface area contributed by atoms with Crippen LogP contribution in [0.2, 0.25) is 0 Å². The highest BCUT2D eigenvalue weighted by atomic mass is 16.5. The van der Waals surface area contributed by atoms with Crippen LogP contribution in [0.25, 0.3) is 10.9 Å². The second kappa shape index (κ2) is 9.38. The summed E-state index contributed by atoms with van der Waals surface area (Å²) in [5.74, 6) is -0.411. The van der Waals surface area contributed by atoms with E-state index in [4.69, 9.17) is 14.5 Å². The normalized spacial score (nSPS) is 15.8. The molecule has 1 atom stereocenters. The van der Waals surface area contributed by atoms with E-state index in [1.165, 1.54) is 7.11 Å². The molecule has 1 fully saturated rings. The lowest BCUT2D eigenvalue weighted by atomic mass is 10.0. The molecule has 0 spiro atoms. The third-order valence-electron chi connectivity index (χ3n) is 5.87. The summed E-state index contributed by atoms with van der Waals surface area (Å²) in [5.41, 5.74) is 4.70. The lowest BCUT2D eigenvalue weighted by Gasteiger charge is -2.23. The molecule has 1 aromatic heterocycles. The van der Waals surface area contributed by atoms with Crippen LogP contribution in [0.5, 0.6) is 0 Å². The maximum atomic E-state index is 12.5. The topological polar surface area (TPSA) is 65.7 Å². The first-order chi connectivity index (χ1) is 16.2. The fourth-order valence-electron chi connectivity index (χ4n) is 4.21. The molecule has 0 saturated carbocycles. The Balaban J connectivity index is 1.72. The number of methoxy groups -OCH3 is 1. The Bertz CT molecular complexity index is 1250. The standard InChI is InChI=1S/C27H25N3O3/c1-32-27(31)21-16-23(22-18-28-30(24(22)17-21)25-14-8-9-15-33-25)29-26(19-10-4-2-5-11-19)20-12-6-3-7-13-20/h2-7,10-13,16-18,25H,8-9,14-15H2,1H3. The minimum atomic E-state index is -0.411. The quantitative estimate of drug-likeness (QED) is 0.296. The molecule has 33 heavy (non-hydrogen) atoms. The van der Waals surface area contributed by atoms with E-state index in [9.17, 15) is 4.79 Å². The molecular weight excluding hydrogens is 414 g/mol. The summed E-state index contributed by atoms with van der Waals surface area (Å²) in [7, 11) is 1.39. The lowest BCUT2D eigenvalue weighted by molar-refractivity contribution is -0.0366. The number of carbonyl (C=O) groups excluding carboxylic acids is 1. The number of nitrogens with zero attached hydrogens (tertiary/aromatic N) is 3. The molecule has 6 heteroatoms. The van der Waals surface area contributed by atoms with Crippen LogP contribution >= 0.6 is 0 Å². The van der Waals surface area contributed by atoms with Crippen molar-refractivity contribution >= 4 is 28.3 Å². The first-order valence-corrected chi connectivity index (χ1v) is 11.2. The highest BCUT2D eigenvalue weighted by Crippen LogP contribution is 2.33. The van der Waals surface area contributed by atoms with Gasteiger partial charge in [-0.2, -0.15) is 5.10 Å². The number of hydrogen-bond acceptors (Lipinski definition) is 5. The molecule has 0 bridgehead atoms. The van der Waals surface area contributed by atoms with Crippen molar-refractivity contribution in [1.29, 1.82) is 0 Å². The minimum Gasteiger partial charge on any atom is -0.465 e. The van der Waals surface area contributed by atoms with Crippen molar-refractivity contribution in [3.8, 4) is 0 Å². The molecule has 0 amide bonds. The average molecular weight is 440 g/mol. The van der Waals surface area contributed by atoms with E-state index in [1.54, 1.807) is 12.3 Å². The molecule has 0 radical (unpaired) electrons. The Morgan fingerprint density at radius 3 is 2.30 bits per heavy atom. The van der Waals surface area contributed by atoms with Gasteiger partial charge in [0.15, 0.2) is 6.23 Å². The Labute approximate surface area is 192 Å². The monoisotopic (exact) mass is 439 g/mol. The number of hydrogen-bond donors (Lipinski definition) is 0. The van der Waals surface area contributed by atoms with Crippen molar-refractivity contribution < 1.29 is 14.3 Å². The summed E-state index contributed by atoms with van der Waals surface area (Å²) < 4.78 is 12.9. The van der Waals surface area contributed by atoms with Crippen LogP contribution in [0, 0.1) is 0 Å². The van der Waals surface area contributed by atoms with Gasteiger partial charge < -0.3 is 9.47 Å². The second-order valence-electron chi connectivity index (χ2n) is 8.02. The SMILES string of the molecule is COC(=O)c1cc(N=C(c2ccccc2)c2ccccc2)c2cnn(C3CCCCO3)c2c1. The molecule has 2 heterocycles. The molecule has 6 nitrogen and oxygen atoms in total. The van der Waals surface area contributed by atoms with Crippen LogP contribution in [-0.2, 0) is 9.47 Å². The molecule has 1 unspecified atom stereocenters. The minimum absolute atomic E-state index is 0.149. The van der Waals surface area contributed by atoms with Crippen LogP contribution in [0.15, 0.2) is 84.0 Å². The Kier molecular flexibility index (Phi) is 6.00. The number of aliphatic imine (C=N–C) groups is 1. The zero-order valence-electron chi connectivity index (χ0n) is 18.5. The van der Waals surface area contributed by atoms with E-state index >= 15 is 0 Å². The van der Waals surface area contributed by atoms with Gasteiger partial charge in [0, 0.05) is 23.1 Å². The van der Waals surface area contributed by atoms with Crippen molar-refractivity contribution in [2.75, 3.05) is 13.7 Å². The molecule has 166 valence electrons. The van der Waals surface area contributed by atoms with E-state index in [1.807, 2.05) is 71.4 Å². The first kappa shape index (κ1) is 21.1. The third-order valence-corrected chi connectivity index (χ3v) is 5.87. The van der Waals surface area contributed by atoms with Crippen molar-refractivity contribution in [1.82, 2.24) is 9.78 Å². The molecule has 3 aromatic carbocycles. The van der Waals surface area contributed by atoms with Gasteiger partial charge in [0.05, 0.1) is 35.8 Å². The number of aromatic nitrogens is 2. The Hall–Kier alpha value is -3.77. The third kappa shape index (κ3) is 4.30. The van der Waals surface area contributed by atoms with Gasteiger partial charge in [0.25, 0.3) is 0 Å². The molecule has 4 aromatic rings. The van der Waals surface area contributed by atoms with Gasteiger partial charge in [-0.1, -0.05) is 60.7 Å². The molecular formula is C27H25N3O3. The predicted octanol–water partition coefficient (Wildman–Crippen LogP) is 5.69. The van der Waals surface area contributed by atoms with Crippen molar-refractivity contribution in [2.24, 2.45) is 4.99 Å². The summed E-state index contributed by atoms with van der Waals surface area (Å²) >= 11 is 0. The zero-order valence-corrected chi connectivity index (χ0v) is 18.5. The van der Waals surface area contributed by atoms with Gasteiger partial charge in [0.1, 0.15) is 0 Å².